The van der Waals surface area contributed by atoms with Gasteiger partial charge in [-0.2, -0.15) is 5.10 Å². The minimum Gasteiger partial charge on any atom is -0.508 e. The third-order valence-corrected chi connectivity index (χ3v) is 3.36. The number of rotatable bonds is 4. The van der Waals surface area contributed by atoms with Crippen LogP contribution in [-0.4, -0.2) is 15.3 Å². The number of nitrogens with one attached hydrogen (secondary N) is 2. The molecule has 0 saturated carbocycles. The third kappa shape index (κ3) is 3.52. The molecule has 0 amide bonds. The van der Waals surface area contributed by atoms with E-state index in [1.165, 1.54) is 0 Å². The first-order chi connectivity index (χ1) is 9.40. The van der Waals surface area contributed by atoms with Crippen molar-refractivity contribution in [2.24, 2.45) is 5.92 Å². The number of benzene rings is 1. The van der Waals surface area contributed by atoms with E-state index in [2.05, 4.69) is 29.4 Å². The van der Waals surface area contributed by atoms with Crippen LogP contribution in [0.2, 0.25) is 0 Å². The van der Waals surface area contributed by atoms with Crippen molar-refractivity contribution in [3.8, 4) is 5.75 Å². The molecule has 7 heteroatoms. The molecule has 0 aliphatic carbocycles. The average Bonchev–Trinajstić information content (AvgIpc) is 2.71. The van der Waals surface area contributed by atoms with Crippen molar-refractivity contribution in [1.29, 1.82) is 0 Å². The molecule has 116 valence electrons. The Morgan fingerprint density at radius 3 is 2.43 bits per heavy atom. The minimum absolute atomic E-state index is 0. The Balaban J connectivity index is 0.00000220. The molecule has 1 atom stereocenters. The Kier molecular flexibility index (Phi) is 5.32. The van der Waals surface area contributed by atoms with Gasteiger partial charge in [-0.05, 0) is 24.5 Å². The monoisotopic (exact) mass is 311 g/mol. The lowest BCUT2D eigenvalue weighted by molar-refractivity contribution is 0.471. The fourth-order valence-corrected chi connectivity index (χ4v) is 2.05. The summed E-state index contributed by atoms with van der Waals surface area (Å²) in [4.78, 5) is 0. The van der Waals surface area contributed by atoms with E-state index in [9.17, 15) is 5.11 Å². The maximum absolute atomic E-state index is 9.77. The molecule has 1 heterocycles. The Labute approximate surface area is 130 Å². The summed E-state index contributed by atoms with van der Waals surface area (Å²) in [6.45, 7) is 5.98. The normalized spacial score (nSPS) is 12.0. The zero-order valence-electron chi connectivity index (χ0n) is 12.3. The highest BCUT2D eigenvalue weighted by Crippen LogP contribution is 2.32. The van der Waals surface area contributed by atoms with Gasteiger partial charge in [-0.15, -0.1) is 12.4 Å². The van der Waals surface area contributed by atoms with Crippen LogP contribution in [0.15, 0.2) is 18.2 Å². The summed E-state index contributed by atoms with van der Waals surface area (Å²) in [7, 11) is 0. The fraction of sp³-hybridized carbons (Fsp3) is 0.357. The lowest BCUT2D eigenvalue weighted by atomic mass is 9.99. The van der Waals surface area contributed by atoms with Crippen LogP contribution in [0.3, 0.4) is 0 Å². The smallest absolute Gasteiger partial charge is 0.142 e. The van der Waals surface area contributed by atoms with Gasteiger partial charge in [0.15, 0.2) is 0 Å². The van der Waals surface area contributed by atoms with Crippen LogP contribution >= 0.6 is 12.4 Å². The molecule has 0 aliphatic rings. The molecule has 1 aromatic carbocycles. The Morgan fingerprint density at radius 1 is 1.29 bits per heavy atom. The summed E-state index contributed by atoms with van der Waals surface area (Å²) in [6.07, 6.45) is 0. The molecule has 0 aliphatic heterocycles. The van der Waals surface area contributed by atoms with E-state index in [4.69, 9.17) is 11.5 Å². The first-order valence-corrected chi connectivity index (χ1v) is 6.55. The Bertz CT molecular complexity index is 611. The maximum atomic E-state index is 9.77. The molecule has 0 bridgehead atoms. The molecule has 21 heavy (non-hydrogen) atoms. The topological polar surface area (TPSA) is 113 Å². The lowest BCUT2D eigenvalue weighted by Gasteiger charge is -2.22. The summed E-state index contributed by atoms with van der Waals surface area (Å²) in [5.74, 6) is 0.884. The van der Waals surface area contributed by atoms with Crippen LogP contribution in [0.5, 0.6) is 5.75 Å². The van der Waals surface area contributed by atoms with E-state index in [1.54, 1.807) is 6.07 Å². The van der Waals surface area contributed by atoms with Crippen molar-refractivity contribution in [1.82, 2.24) is 10.2 Å². The van der Waals surface area contributed by atoms with Gasteiger partial charge in [0.25, 0.3) is 0 Å². The highest BCUT2D eigenvalue weighted by molar-refractivity contribution is 5.85. The third-order valence-electron chi connectivity index (χ3n) is 3.36. The highest BCUT2D eigenvalue weighted by Gasteiger charge is 2.22. The number of halogens is 1. The number of hydrogen-bond acceptors (Lipinski definition) is 5. The van der Waals surface area contributed by atoms with Crippen LogP contribution in [0.1, 0.15) is 31.1 Å². The zero-order chi connectivity index (χ0) is 14.9. The molecule has 1 unspecified atom stereocenters. The van der Waals surface area contributed by atoms with Crippen molar-refractivity contribution in [2.45, 2.75) is 26.8 Å². The van der Waals surface area contributed by atoms with Gasteiger partial charge in [0.2, 0.25) is 0 Å². The molecule has 1 aromatic heterocycles. The summed E-state index contributed by atoms with van der Waals surface area (Å²) in [5, 5.41) is 20.0. The SMILES string of the molecule is Cc1ccc(NC(c2n[nH]c(N)c2N)C(C)C)cc1O.Cl. The van der Waals surface area contributed by atoms with Crippen molar-refractivity contribution < 1.29 is 5.11 Å². The summed E-state index contributed by atoms with van der Waals surface area (Å²) < 4.78 is 0. The van der Waals surface area contributed by atoms with Crippen molar-refractivity contribution in [3.05, 3.63) is 29.5 Å². The van der Waals surface area contributed by atoms with Crippen LogP contribution in [0.25, 0.3) is 0 Å². The molecule has 7 N–H and O–H groups in total. The summed E-state index contributed by atoms with van der Waals surface area (Å²) >= 11 is 0. The summed E-state index contributed by atoms with van der Waals surface area (Å²) in [6, 6.07) is 5.37. The van der Waals surface area contributed by atoms with Crippen molar-refractivity contribution in [2.75, 3.05) is 16.8 Å². The van der Waals surface area contributed by atoms with Crippen LogP contribution in [0, 0.1) is 12.8 Å². The van der Waals surface area contributed by atoms with Gasteiger partial charge in [-0.25, -0.2) is 0 Å². The van der Waals surface area contributed by atoms with E-state index >= 15 is 0 Å². The Morgan fingerprint density at radius 2 is 1.95 bits per heavy atom. The van der Waals surface area contributed by atoms with Gasteiger partial charge >= 0.3 is 0 Å². The Hall–Kier alpha value is -2.08. The average molecular weight is 312 g/mol. The predicted octanol–water partition coefficient (Wildman–Crippen LogP) is 2.82. The van der Waals surface area contributed by atoms with Crippen molar-refractivity contribution in [3.63, 3.8) is 0 Å². The van der Waals surface area contributed by atoms with E-state index in [-0.39, 0.29) is 30.1 Å². The number of nitrogen functional groups attached to an aromatic ring is 2. The number of H-pyrrole nitrogens is 1. The lowest BCUT2D eigenvalue weighted by Crippen LogP contribution is -2.18. The van der Waals surface area contributed by atoms with Gasteiger partial charge in [0.05, 0.1) is 11.7 Å². The number of hydrogen-bond donors (Lipinski definition) is 5. The largest absolute Gasteiger partial charge is 0.508 e. The number of nitrogens with zero attached hydrogens (tertiary/aromatic N) is 1. The molecular weight excluding hydrogens is 290 g/mol. The number of phenolic OH excluding ortho intramolecular Hbond substituents is 1. The number of nitrogens with two attached hydrogens (primary N) is 2. The van der Waals surface area contributed by atoms with E-state index in [0.717, 1.165) is 11.3 Å². The second kappa shape index (κ2) is 6.58. The molecule has 2 aromatic rings. The van der Waals surface area contributed by atoms with Gasteiger partial charge in [0.1, 0.15) is 17.3 Å². The number of phenols is 1. The molecule has 2 rings (SSSR count). The van der Waals surface area contributed by atoms with E-state index in [1.807, 2.05) is 19.1 Å². The van der Waals surface area contributed by atoms with Gasteiger partial charge in [0, 0.05) is 11.8 Å². The highest BCUT2D eigenvalue weighted by atomic mass is 35.5. The number of aromatic hydroxyl groups is 1. The quantitative estimate of drug-likeness (QED) is 0.596. The molecular formula is C14H22ClN5O. The van der Waals surface area contributed by atoms with Gasteiger partial charge < -0.3 is 21.9 Å². The molecule has 0 fully saturated rings. The second-order valence-corrected chi connectivity index (χ2v) is 5.30. The number of aromatic amines is 1. The maximum Gasteiger partial charge on any atom is 0.142 e. The molecule has 6 nitrogen and oxygen atoms in total. The van der Waals surface area contributed by atoms with E-state index < -0.39 is 0 Å². The zero-order valence-corrected chi connectivity index (χ0v) is 13.2. The number of aromatic nitrogens is 2. The summed E-state index contributed by atoms with van der Waals surface area (Å²) in [5.41, 5.74) is 14.4. The first kappa shape index (κ1) is 17.0. The first-order valence-electron chi connectivity index (χ1n) is 6.55. The van der Waals surface area contributed by atoms with Gasteiger partial charge in [-0.1, -0.05) is 19.9 Å². The van der Waals surface area contributed by atoms with Crippen LogP contribution < -0.4 is 16.8 Å². The van der Waals surface area contributed by atoms with Crippen LogP contribution in [-0.2, 0) is 0 Å². The number of anilines is 3. The molecule has 0 saturated heterocycles. The molecule has 0 radical (unpaired) electrons. The van der Waals surface area contributed by atoms with Crippen molar-refractivity contribution >= 4 is 29.6 Å². The number of aryl methyl sites for hydroxylation is 1. The van der Waals surface area contributed by atoms with Crippen LogP contribution in [0.4, 0.5) is 17.2 Å². The fourth-order valence-electron chi connectivity index (χ4n) is 2.05. The predicted molar refractivity (Wildman–Crippen MR) is 88.7 cm³/mol. The molecule has 0 spiro atoms. The minimum atomic E-state index is -0.0920. The standard InChI is InChI=1S/C14H21N5O.ClH/c1-7(2)12(13-11(15)14(16)19-18-13)17-9-5-4-8(3)10(20)6-9;/h4-7,12,17,20H,15H2,1-3H3,(H3,16,18,19);1H. The van der Waals surface area contributed by atoms with E-state index in [0.29, 0.717) is 17.2 Å². The van der Waals surface area contributed by atoms with Gasteiger partial charge in [-0.3, -0.25) is 5.10 Å². The second-order valence-electron chi connectivity index (χ2n) is 5.30.